The normalized spacial score (nSPS) is 13.9. The molecule has 1 atom stereocenters. The first kappa shape index (κ1) is 16.1. The number of nitro groups is 1. The van der Waals surface area contributed by atoms with Gasteiger partial charge in [0.1, 0.15) is 0 Å². The summed E-state index contributed by atoms with van der Waals surface area (Å²) in [6.07, 6.45) is 2.06. The number of hydrogen-bond acceptors (Lipinski definition) is 6. The Morgan fingerprint density at radius 3 is 2.28 bits per heavy atom. The average Bonchev–Trinajstić information content (AvgIpc) is 2.29. The zero-order chi connectivity index (χ0) is 14.2. The number of rotatable bonds is 7. The van der Waals surface area contributed by atoms with Crippen LogP contribution in [0.1, 0.15) is 27.2 Å². The zero-order valence-electron chi connectivity index (χ0n) is 10.7. The summed E-state index contributed by atoms with van der Waals surface area (Å²) in [4.78, 5) is 32.7. The van der Waals surface area contributed by atoms with E-state index in [-0.39, 0.29) is 19.6 Å². The minimum atomic E-state index is -1.89. The fourth-order valence-corrected chi connectivity index (χ4v) is 1.09. The smallest absolute Gasteiger partial charge is 0.384 e. The zero-order valence-corrected chi connectivity index (χ0v) is 10.7. The van der Waals surface area contributed by atoms with E-state index in [1.165, 1.54) is 6.08 Å². The molecule has 0 aromatic heterocycles. The van der Waals surface area contributed by atoms with Crippen molar-refractivity contribution in [1.82, 2.24) is 0 Å². The summed E-state index contributed by atoms with van der Waals surface area (Å²) >= 11 is 0. The molecule has 0 N–H and O–H groups in total. The minimum absolute atomic E-state index is 0.0594. The van der Waals surface area contributed by atoms with E-state index in [2.05, 4.69) is 9.47 Å². The summed E-state index contributed by atoms with van der Waals surface area (Å²) in [6, 6.07) is 0. The van der Waals surface area contributed by atoms with E-state index >= 15 is 0 Å². The molecule has 0 rings (SSSR count). The van der Waals surface area contributed by atoms with Crippen LogP contribution in [0.5, 0.6) is 0 Å². The fraction of sp³-hybridized carbons (Fsp3) is 0.636. The maximum Gasteiger partial charge on any atom is 0.384 e. The molecule has 0 aliphatic heterocycles. The first-order chi connectivity index (χ1) is 8.38. The largest absolute Gasteiger partial charge is 0.463 e. The van der Waals surface area contributed by atoms with Crippen LogP contribution in [0.15, 0.2) is 12.2 Å². The van der Waals surface area contributed by atoms with Crippen molar-refractivity contribution in [2.24, 2.45) is 0 Å². The SMILES string of the molecule is CCOC(=O)/C=C/CC(C)(C(=O)OCC)[N+](=O)[O-]. The fourth-order valence-electron chi connectivity index (χ4n) is 1.09. The van der Waals surface area contributed by atoms with Gasteiger partial charge in [0.15, 0.2) is 0 Å². The molecule has 0 aliphatic rings. The Balaban J connectivity index is 4.68. The van der Waals surface area contributed by atoms with Crippen LogP contribution in [-0.2, 0) is 19.1 Å². The molecule has 0 radical (unpaired) electrons. The molecular formula is C11H17NO6. The minimum Gasteiger partial charge on any atom is -0.463 e. The molecule has 0 amide bonds. The summed E-state index contributed by atoms with van der Waals surface area (Å²) in [6.45, 7) is 4.64. The summed E-state index contributed by atoms with van der Waals surface area (Å²) < 4.78 is 9.26. The highest BCUT2D eigenvalue weighted by molar-refractivity contribution is 5.82. The van der Waals surface area contributed by atoms with E-state index in [0.29, 0.717) is 0 Å². The van der Waals surface area contributed by atoms with Crippen LogP contribution in [0.25, 0.3) is 0 Å². The molecule has 0 saturated carbocycles. The lowest BCUT2D eigenvalue weighted by Gasteiger charge is -2.16. The molecule has 1 unspecified atom stereocenters. The van der Waals surface area contributed by atoms with E-state index in [0.717, 1.165) is 13.0 Å². The first-order valence-electron chi connectivity index (χ1n) is 5.53. The summed E-state index contributed by atoms with van der Waals surface area (Å²) in [7, 11) is 0. The number of carbonyl (C=O) groups is 2. The Labute approximate surface area is 105 Å². The topological polar surface area (TPSA) is 95.7 Å². The van der Waals surface area contributed by atoms with Crippen LogP contribution in [0.4, 0.5) is 0 Å². The Hall–Kier alpha value is -1.92. The highest BCUT2D eigenvalue weighted by atomic mass is 16.6. The van der Waals surface area contributed by atoms with E-state index in [4.69, 9.17) is 0 Å². The predicted molar refractivity (Wildman–Crippen MR) is 62.4 cm³/mol. The third-order valence-corrected chi connectivity index (χ3v) is 2.17. The van der Waals surface area contributed by atoms with Crippen LogP contribution in [0, 0.1) is 10.1 Å². The second-order valence-electron chi connectivity index (χ2n) is 3.61. The average molecular weight is 259 g/mol. The van der Waals surface area contributed by atoms with Crippen LogP contribution in [-0.4, -0.2) is 35.6 Å². The van der Waals surface area contributed by atoms with Crippen molar-refractivity contribution < 1.29 is 24.0 Å². The Morgan fingerprint density at radius 1 is 1.28 bits per heavy atom. The van der Waals surface area contributed by atoms with Crippen LogP contribution < -0.4 is 0 Å². The molecule has 0 aliphatic carbocycles. The number of nitrogens with zero attached hydrogens (tertiary/aromatic N) is 1. The molecule has 7 nitrogen and oxygen atoms in total. The Bertz CT molecular complexity index is 351. The predicted octanol–water partition coefficient (Wildman–Crippen LogP) is 1.09. The highest BCUT2D eigenvalue weighted by Gasteiger charge is 2.46. The van der Waals surface area contributed by atoms with E-state index in [9.17, 15) is 19.7 Å². The van der Waals surface area contributed by atoms with Crippen molar-refractivity contribution in [1.29, 1.82) is 0 Å². The highest BCUT2D eigenvalue weighted by Crippen LogP contribution is 2.17. The van der Waals surface area contributed by atoms with Crippen LogP contribution in [0.2, 0.25) is 0 Å². The summed E-state index contributed by atoms with van der Waals surface area (Å²) in [5, 5.41) is 10.9. The molecule has 0 heterocycles. The molecular weight excluding hydrogens is 242 g/mol. The molecule has 18 heavy (non-hydrogen) atoms. The molecule has 0 spiro atoms. The third-order valence-electron chi connectivity index (χ3n) is 2.17. The van der Waals surface area contributed by atoms with Gasteiger partial charge >= 0.3 is 17.5 Å². The maximum atomic E-state index is 11.5. The van der Waals surface area contributed by atoms with Gasteiger partial charge in [-0.1, -0.05) is 6.08 Å². The third kappa shape index (κ3) is 4.52. The van der Waals surface area contributed by atoms with E-state index in [1.807, 2.05) is 0 Å². The molecule has 0 bridgehead atoms. The Morgan fingerprint density at radius 2 is 1.83 bits per heavy atom. The molecule has 0 aromatic carbocycles. The van der Waals surface area contributed by atoms with Gasteiger partial charge in [-0.15, -0.1) is 0 Å². The van der Waals surface area contributed by atoms with Gasteiger partial charge in [0, 0.05) is 24.3 Å². The van der Waals surface area contributed by atoms with Gasteiger partial charge in [0.25, 0.3) is 0 Å². The second-order valence-corrected chi connectivity index (χ2v) is 3.61. The van der Waals surface area contributed by atoms with Crippen molar-refractivity contribution in [3.63, 3.8) is 0 Å². The van der Waals surface area contributed by atoms with Crippen LogP contribution in [0.3, 0.4) is 0 Å². The quantitative estimate of drug-likeness (QED) is 0.294. The van der Waals surface area contributed by atoms with Gasteiger partial charge in [0.05, 0.1) is 13.2 Å². The number of esters is 2. The van der Waals surface area contributed by atoms with Gasteiger partial charge in [-0.05, 0) is 13.8 Å². The maximum absolute atomic E-state index is 11.5. The summed E-state index contributed by atoms with van der Waals surface area (Å²) in [5.41, 5.74) is -1.89. The number of carbonyl (C=O) groups excluding carboxylic acids is 2. The molecule has 7 heteroatoms. The van der Waals surface area contributed by atoms with Gasteiger partial charge in [-0.2, -0.15) is 0 Å². The summed E-state index contributed by atoms with van der Waals surface area (Å²) in [5.74, 6) is -1.53. The molecule has 102 valence electrons. The number of ether oxygens (including phenoxy) is 2. The van der Waals surface area contributed by atoms with E-state index < -0.39 is 22.4 Å². The monoisotopic (exact) mass is 259 g/mol. The van der Waals surface area contributed by atoms with Crippen molar-refractivity contribution in [2.75, 3.05) is 13.2 Å². The van der Waals surface area contributed by atoms with E-state index in [1.54, 1.807) is 13.8 Å². The lowest BCUT2D eigenvalue weighted by atomic mass is 9.99. The van der Waals surface area contributed by atoms with Crippen molar-refractivity contribution in [2.45, 2.75) is 32.7 Å². The second kappa shape index (κ2) is 7.41. The van der Waals surface area contributed by atoms with Gasteiger partial charge in [-0.25, -0.2) is 9.59 Å². The Kier molecular flexibility index (Phi) is 6.62. The van der Waals surface area contributed by atoms with Gasteiger partial charge < -0.3 is 9.47 Å². The molecule has 0 saturated heterocycles. The van der Waals surface area contributed by atoms with Gasteiger partial charge in [-0.3, -0.25) is 10.1 Å². The lowest BCUT2D eigenvalue weighted by molar-refractivity contribution is -0.550. The molecule has 0 fully saturated rings. The first-order valence-corrected chi connectivity index (χ1v) is 5.53. The standard InChI is InChI=1S/C11H17NO6/c1-4-17-9(13)7-6-8-11(3,12(15)16)10(14)18-5-2/h6-7H,4-5,8H2,1-3H3/b7-6+. The van der Waals surface area contributed by atoms with Crippen molar-refractivity contribution in [3.05, 3.63) is 22.3 Å². The van der Waals surface area contributed by atoms with Gasteiger partial charge in [0.2, 0.25) is 0 Å². The lowest BCUT2D eigenvalue weighted by Crippen LogP contribution is -2.44. The van der Waals surface area contributed by atoms with Crippen LogP contribution >= 0.6 is 0 Å². The number of hydrogen-bond donors (Lipinski definition) is 0. The van der Waals surface area contributed by atoms with Crippen molar-refractivity contribution >= 4 is 11.9 Å². The van der Waals surface area contributed by atoms with Crippen molar-refractivity contribution in [3.8, 4) is 0 Å². The molecule has 0 aromatic rings.